The van der Waals surface area contributed by atoms with E-state index < -0.39 is 0 Å². The van der Waals surface area contributed by atoms with Crippen molar-refractivity contribution < 1.29 is 4.39 Å². The van der Waals surface area contributed by atoms with Crippen LogP contribution < -0.4 is 10.6 Å². The summed E-state index contributed by atoms with van der Waals surface area (Å²) < 4.78 is 13.1. The zero-order valence-electron chi connectivity index (χ0n) is 14.1. The molecule has 2 aromatic heterocycles. The Bertz CT molecular complexity index is 1020. The average molecular weight is 348 g/mol. The number of anilines is 3. The summed E-state index contributed by atoms with van der Waals surface area (Å²) in [4.78, 5) is 8.98. The minimum absolute atomic E-state index is 0.285. The molecule has 2 aromatic carbocycles. The first-order chi connectivity index (χ1) is 12.7. The summed E-state index contributed by atoms with van der Waals surface area (Å²) in [7, 11) is 0. The van der Waals surface area contributed by atoms with Crippen LogP contribution in [-0.4, -0.2) is 20.2 Å². The van der Waals surface area contributed by atoms with Gasteiger partial charge in [0.1, 0.15) is 11.6 Å². The monoisotopic (exact) mass is 348 g/mol. The average Bonchev–Trinajstić information content (AvgIpc) is 3.12. The lowest BCUT2D eigenvalue weighted by Crippen LogP contribution is -2.06. The highest BCUT2D eigenvalue weighted by atomic mass is 19.1. The number of benzene rings is 2. The normalized spacial score (nSPS) is 10.8. The van der Waals surface area contributed by atoms with Gasteiger partial charge < -0.3 is 10.6 Å². The standard InChI is InChI=1S/C19H17FN6/c1-12-2-4-13(5-3-12)10-21-19-24-17(16-11-22-26-18(16)25-19)23-15-8-6-14(20)7-9-15/h2-9,11H,10H2,1H3,(H3,21,22,23,24,25,26). The van der Waals surface area contributed by atoms with Crippen molar-refractivity contribution in [1.29, 1.82) is 0 Å². The molecule has 2 heterocycles. The van der Waals surface area contributed by atoms with Gasteiger partial charge in [-0.2, -0.15) is 15.1 Å². The zero-order valence-corrected chi connectivity index (χ0v) is 14.1. The van der Waals surface area contributed by atoms with Gasteiger partial charge in [0.25, 0.3) is 0 Å². The molecule has 26 heavy (non-hydrogen) atoms. The number of halogens is 1. The Morgan fingerprint density at radius 1 is 1.00 bits per heavy atom. The third-order valence-corrected chi connectivity index (χ3v) is 3.99. The van der Waals surface area contributed by atoms with Crippen LogP contribution in [0.15, 0.2) is 54.7 Å². The minimum Gasteiger partial charge on any atom is -0.350 e. The Morgan fingerprint density at radius 2 is 1.77 bits per heavy atom. The molecule has 0 fully saturated rings. The Morgan fingerprint density at radius 3 is 2.54 bits per heavy atom. The predicted molar refractivity (Wildman–Crippen MR) is 99.9 cm³/mol. The van der Waals surface area contributed by atoms with Gasteiger partial charge in [-0.25, -0.2) is 4.39 Å². The van der Waals surface area contributed by atoms with Crippen molar-refractivity contribution in [2.24, 2.45) is 0 Å². The molecule has 130 valence electrons. The zero-order chi connectivity index (χ0) is 17.9. The molecule has 3 N–H and O–H groups in total. The maximum absolute atomic E-state index is 13.1. The summed E-state index contributed by atoms with van der Waals surface area (Å²) in [6.07, 6.45) is 1.66. The molecule has 0 radical (unpaired) electrons. The van der Waals surface area contributed by atoms with Gasteiger partial charge in [-0.1, -0.05) is 29.8 Å². The summed E-state index contributed by atoms with van der Waals surface area (Å²) in [5.41, 5.74) is 3.71. The first-order valence-corrected chi connectivity index (χ1v) is 8.20. The lowest BCUT2D eigenvalue weighted by molar-refractivity contribution is 0.628. The second kappa shape index (κ2) is 6.79. The third-order valence-electron chi connectivity index (χ3n) is 3.99. The fourth-order valence-corrected chi connectivity index (χ4v) is 2.57. The quantitative estimate of drug-likeness (QED) is 0.505. The van der Waals surface area contributed by atoms with Gasteiger partial charge in [0.15, 0.2) is 5.65 Å². The topological polar surface area (TPSA) is 78.5 Å². The minimum atomic E-state index is -0.285. The van der Waals surface area contributed by atoms with E-state index in [-0.39, 0.29) is 5.82 Å². The number of aromatic nitrogens is 4. The molecule has 4 rings (SSSR count). The van der Waals surface area contributed by atoms with E-state index in [4.69, 9.17) is 0 Å². The molecule has 0 aliphatic heterocycles. The van der Waals surface area contributed by atoms with E-state index >= 15 is 0 Å². The number of aromatic amines is 1. The van der Waals surface area contributed by atoms with Crippen LogP contribution in [0.3, 0.4) is 0 Å². The highest BCUT2D eigenvalue weighted by Gasteiger charge is 2.10. The maximum atomic E-state index is 13.1. The molecule has 6 nitrogen and oxygen atoms in total. The summed E-state index contributed by atoms with van der Waals surface area (Å²) in [5.74, 6) is 0.792. The molecule has 4 aromatic rings. The van der Waals surface area contributed by atoms with Crippen molar-refractivity contribution in [2.45, 2.75) is 13.5 Å². The molecule has 7 heteroatoms. The summed E-state index contributed by atoms with van der Waals surface area (Å²) in [6, 6.07) is 14.4. The molecular formula is C19H17FN6. The molecule has 0 spiro atoms. The van der Waals surface area contributed by atoms with Gasteiger partial charge in [0.2, 0.25) is 5.95 Å². The van der Waals surface area contributed by atoms with E-state index in [1.807, 2.05) is 0 Å². The second-order valence-electron chi connectivity index (χ2n) is 6.00. The lowest BCUT2D eigenvalue weighted by atomic mass is 10.1. The number of nitrogens with one attached hydrogen (secondary N) is 3. The molecule has 0 amide bonds. The van der Waals surface area contributed by atoms with Crippen LogP contribution >= 0.6 is 0 Å². The van der Waals surface area contributed by atoms with Gasteiger partial charge >= 0.3 is 0 Å². The van der Waals surface area contributed by atoms with Crippen molar-refractivity contribution in [2.75, 3.05) is 10.6 Å². The van der Waals surface area contributed by atoms with Crippen molar-refractivity contribution >= 4 is 28.5 Å². The number of fused-ring (bicyclic) bond motifs is 1. The van der Waals surface area contributed by atoms with E-state index in [2.05, 4.69) is 62.0 Å². The first kappa shape index (κ1) is 16.0. The number of hydrogen-bond acceptors (Lipinski definition) is 5. The van der Waals surface area contributed by atoms with Gasteiger partial charge in [-0.05, 0) is 36.8 Å². The number of nitrogens with zero attached hydrogens (tertiary/aromatic N) is 3. The molecule has 0 unspecified atom stereocenters. The van der Waals surface area contributed by atoms with E-state index in [1.54, 1.807) is 18.3 Å². The van der Waals surface area contributed by atoms with Crippen LogP contribution in [0, 0.1) is 12.7 Å². The molecular weight excluding hydrogens is 331 g/mol. The van der Waals surface area contributed by atoms with Gasteiger partial charge in [0, 0.05) is 12.2 Å². The largest absolute Gasteiger partial charge is 0.350 e. The molecule has 0 saturated carbocycles. The fourth-order valence-electron chi connectivity index (χ4n) is 2.57. The van der Waals surface area contributed by atoms with Crippen LogP contribution in [0.1, 0.15) is 11.1 Å². The predicted octanol–water partition coefficient (Wildman–Crippen LogP) is 4.16. The van der Waals surface area contributed by atoms with Crippen molar-refractivity contribution in [3.8, 4) is 0 Å². The van der Waals surface area contributed by atoms with Crippen LogP contribution in [0.4, 0.5) is 21.8 Å². The van der Waals surface area contributed by atoms with Crippen molar-refractivity contribution in [3.63, 3.8) is 0 Å². The summed E-state index contributed by atoms with van der Waals surface area (Å²) in [5, 5.41) is 14.1. The second-order valence-corrected chi connectivity index (χ2v) is 6.00. The summed E-state index contributed by atoms with van der Waals surface area (Å²) >= 11 is 0. The molecule has 0 saturated heterocycles. The van der Waals surface area contributed by atoms with E-state index in [0.29, 0.717) is 24.0 Å². The van der Waals surface area contributed by atoms with E-state index in [9.17, 15) is 4.39 Å². The van der Waals surface area contributed by atoms with Crippen molar-refractivity contribution in [1.82, 2.24) is 20.2 Å². The van der Waals surface area contributed by atoms with Gasteiger partial charge in [-0.3, -0.25) is 5.10 Å². The first-order valence-electron chi connectivity index (χ1n) is 8.20. The number of hydrogen-bond donors (Lipinski definition) is 3. The molecule has 0 aliphatic carbocycles. The van der Waals surface area contributed by atoms with Crippen LogP contribution in [0.5, 0.6) is 0 Å². The third kappa shape index (κ3) is 3.46. The number of H-pyrrole nitrogens is 1. The maximum Gasteiger partial charge on any atom is 0.226 e. The smallest absolute Gasteiger partial charge is 0.226 e. The van der Waals surface area contributed by atoms with E-state index in [1.165, 1.54) is 17.7 Å². The number of rotatable bonds is 5. The Kier molecular flexibility index (Phi) is 4.18. The Hall–Kier alpha value is -3.48. The Labute approximate surface area is 149 Å². The molecule has 0 atom stereocenters. The van der Waals surface area contributed by atoms with Crippen molar-refractivity contribution in [3.05, 3.63) is 71.7 Å². The van der Waals surface area contributed by atoms with Gasteiger partial charge in [-0.15, -0.1) is 0 Å². The fraction of sp³-hybridized carbons (Fsp3) is 0.105. The van der Waals surface area contributed by atoms with Crippen LogP contribution in [0.2, 0.25) is 0 Å². The van der Waals surface area contributed by atoms with Crippen LogP contribution in [-0.2, 0) is 6.54 Å². The van der Waals surface area contributed by atoms with Crippen LogP contribution in [0.25, 0.3) is 11.0 Å². The summed E-state index contributed by atoms with van der Waals surface area (Å²) in [6.45, 7) is 2.66. The highest BCUT2D eigenvalue weighted by Crippen LogP contribution is 2.24. The Balaban J connectivity index is 1.59. The SMILES string of the molecule is Cc1ccc(CNc2nc(Nc3ccc(F)cc3)c3cn[nH]c3n2)cc1. The molecule has 0 aliphatic rings. The highest BCUT2D eigenvalue weighted by molar-refractivity contribution is 5.89. The number of aryl methyl sites for hydroxylation is 1. The van der Waals surface area contributed by atoms with Gasteiger partial charge in [0.05, 0.1) is 11.6 Å². The van der Waals surface area contributed by atoms with E-state index in [0.717, 1.165) is 16.6 Å². The lowest BCUT2D eigenvalue weighted by Gasteiger charge is -2.10. The molecule has 0 bridgehead atoms.